The van der Waals surface area contributed by atoms with Crippen LogP contribution in [0.2, 0.25) is 0 Å². The monoisotopic (exact) mass is 320 g/mol. The van der Waals surface area contributed by atoms with Crippen LogP contribution in [0, 0.1) is 0 Å². The highest BCUT2D eigenvalue weighted by atomic mass is 16.4. The number of carboxylic acids is 1. The molecule has 0 amide bonds. The Balaban J connectivity index is 1.45. The van der Waals surface area contributed by atoms with Crippen molar-refractivity contribution in [3.05, 3.63) is 71.1 Å². The summed E-state index contributed by atoms with van der Waals surface area (Å²) in [5.74, 6) is -0.970. The highest BCUT2D eigenvalue weighted by Crippen LogP contribution is 2.43. The van der Waals surface area contributed by atoms with E-state index in [0.717, 1.165) is 31.6 Å². The second kappa shape index (κ2) is 5.87. The number of piperidine rings is 1. The van der Waals surface area contributed by atoms with Gasteiger partial charge < -0.3 is 5.11 Å². The lowest BCUT2D eigenvalue weighted by Crippen LogP contribution is -2.40. The molecule has 1 N–H and O–H groups in total. The maximum Gasteiger partial charge on any atom is 0.354 e. The van der Waals surface area contributed by atoms with Gasteiger partial charge in [0.05, 0.1) is 5.69 Å². The molecule has 4 rings (SSSR count). The van der Waals surface area contributed by atoms with E-state index >= 15 is 0 Å². The number of benzene rings is 1. The van der Waals surface area contributed by atoms with Crippen LogP contribution >= 0.6 is 0 Å². The summed E-state index contributed by atoms with van der Waals surface area (Å²) >= 11 is 0. The highest BCUT2D eigenvalue weighted by molar-refractivity contribution is 5.85. The number of rotatable bonds is 3. The summed E-state index contributed by atoms with van der Waals surface area (Å²) in [6.07, 6.45) is 6.82. The van der Waals surface area contributed by atoms with Gasteiger partial charge in [0.25, 0.3) is 0 Å². The van der Waals surface area contributed by atoms with Crippen LogP contribution in [0.15, 0.2) is 48.5 Å². The van der Waals surface area contributed by atoms with Crippen molar-refractivity contribution in [2.75, 3.05) is 13.1 Å². The van der Waals surface area contributed by atoms with E-state index in [0.29, 0.717) is 6.54 Å². The predicted molar refractivity (Wildman–Crippen MR) is 92.9 cm³/mol. The molecule has 122 valence electrons. The number of allylic oxidation sites excluding steroid dienone is 1. The fraction of sp³-hybridized carbons (Fsp3) is 0.300. The van der Waals surface area contributed by atoms with Crippen LogP contribution in [-0.2, 0) is 12.0 Å². The third-order valence-corrected chi connectivity index (χ3v) is 5.24. The third-order valence-electron chi connectivity index (χ3n) is 5.24. The summed E-state index contributed by atoms with van der Waals surface area (Å²) in [5.41, 5.74) is 3.93. The van der Waals surface area contributed by atoms with Crippen molar-refractivity contribution in [3.63, 3.8) is 0 Å². The topological polar surface area (TPSA) is 53.4 Å². The zero-order valence-electron chi connectivity index (χ0n) is 13.5. The molecule has 1 aromatic heterocycles. The molecule has 1 aromatic carbocycles. The van der Waals surface area contributed by atoms with Gasteiger partial charge in [-0.3, -0.25) is 4.90 Å². The molecule has 0 bridgehead atoms. The standard InChI is InChI=1S/C20H20N2O2/c23-19(24)18-7-3-5-16(21-18)14-22-12-10-20(11-13-22)9-8-15-4-1-2-6-17(15)20/h1-9H,10-14H2,(H,23,24). The smallest absolute Gasteiger partial charge is 0.354 e. The molecule has 2 aromatic rings. The molecule has 0 atom stereocenters. The molecule has 0 saturated carbocycles. The molecular formula is C20H20N2O2. The maximum atomic E-state index is 11.0. The minimum absolute atomic E-state index is 0.119. The van der Waals surface area contributed by atoms with Gasteiger partial charge in [0.1, 0.15) is 5.69 Å². The van der Waals surface area contributed by atoms with Gasteiger partial charge in [0, 0.05) is 12.0 Å². The highest BCUT2D eigenvalue weighted by Gasteiger charge is 2.37. The van der Waals surface area contributed by atoms with Crippen LogP contribution in [0.25, 0.3) is 6.08 Å². The minimum Gasteiger partial charge on any atom is -0.477 e. The average Bonchev–Trinajstić information content (AvgIpc) is 2.96. The molecule has 2 aliphatic rings. The third kappa shape index (κ3) is 2.63. The number of aromatic carboxylic acids is 1. The number of pyridine rings is 1. The second-order valence-electron chi connectivity index (χ2n) is 6.67. The van der Waals surface area contributed by atoms with Crippen LogP contribution in [0.3, 0.4) is 0 Å². The number of hydrogen-bond donors (Lipinski definition) is 1. The maximum absolute atomic E-state index is 11.0. The Morgan fingerprint density at radius 3 is 2.71 bits per heavy atom. The SMILES string of the molecule is O=C(O)c1cccc(CN2CCC3(C=Cc4ccccc43)CC2)n1. The minimum atomic E-state index is -0.970. The van der Waals surface area contributed by atoms with Gasteiger partial charge in [0.2, 0.25) is 0 Å². The van der Waals surface area contributed by atoms with Crippen LogP contribution < -0.4 is 0 Å². The number of carboxylic acid groups (broad SMARTS) is 1. The molecule has 1 saturated heterocycles. The second-order valence-corrected chi connectivity index (χ2v) is 6.67. The van der Waals surface area contributed by atoms with Gasteiger partial charge in [-0.05, 0) is 49.2 Å². The molecule has 1 aliphatic carbocycles. The molecule has 1 spiro atoms. The van der Waals surface area contributed by atoms with Gasteiger partial charge in [-0.15, -0.1) is 0 Å². The van der Waals surface area contributed by atoms with E-state index in [2.05, 4.69) is 46.3 Å². The first-order valence-corrected chi connectivity index (χ1v) is 8.37. The van der Waals surface area contributed by atoms with Crippen LogP contribution in [-0.4, -0.2) is 34.0 Å². The van der Waals surface area contributed by atoms with E-state index < -0.39 is 5.97 Å². The quantitative estimate of drug-likeness (QED) is 0.942. The number of likely N-dealkylation sites (tertiary alicyclic amines) is 1. The lowest BCUT2D eigenvalue weighted by molar-refractivity contribution is 0.0689. The summed E-state index contributed by atoms with van der Waals surface area (Å²) in [7, 11) is 0. The Bertz CT molecular complexity index is 805. The first-order chi connectivity index (χ1) is 11.7. The Kier molecular flexibility index (Phi) is 3.69. The summed E-state index contributed by atoms with van der Waals surface area (Å²) in [6, 6.07) is 13.9. The molecule has 2 heterocycles. The molecule has 0 radical (unpaired) electrons. The average molecular weight is 320 g/mol. The van der Waals surface area contributed by atoms with Crippen molar-refractivity contribution in [2.45, 2.75) is 24.8 Å². The number of aromatic nitrogens is 1. The van der Waals surface area contributed by atoms with E-state index in [1.807, 2.05) is 6.07 Å². The van der Waals surface area contributed by atoms with Gasteiger partial charge in [-0.1, -0.05) is 42.5 Å². The number of nitrogens with zero attached hydrogens (tertiary/aromatic N) is 2. The fourth-order valence-corrected chi connectivity index (χ4v) is 3.90. The van der Waals surface area contributed by atoms with Crippen LogP contribution in [0.4, 0.5) is 0 Å². The van der Waals surface area contributed by atoms with Crippen molar-refractivity contribution in [3.8, 4) is 0 Å². The van der Waals surface area contributed by atoms with Gasteiger partial charge >= 0.3 is 5.97 Å². The first kappa shape index (κ1) is 15.1. The lowest BCUT2D eigenvalue weighted by Gasteiger charge is -2.39. The van der Waals surface area contributed by atoms with Gasteiger partial charge in [-0.2, -0.15) is 0 Å². The molecule has 1 fully saturated rings. The summed E-state index contributed by atoms with van der Waals surface area (Å²) in [4.78, 5) is 17.7. The Hall–Kier alpha value is -2.46. The lowest BCUT2D eigenvalue weighted by atomic mass is 9.74. The Morgan fingerprint density at radius 2 is 1.92 bits per heavy atom. The van der Waals surface area contributed by atoms with E-state index in [-0.39, 0.29) is 11.1 Å². The van der Waals surface area contributed by atoms with E-state index in [9.17, 15) is 4.79 Å². The van der Waals surface area contributed by atoms with Crippen LogP contribution in [0.1, 0.15) is 40.2 Å². The predicted octanol–water partition coefficient (Wildman–Crippen LogP) is 3.34. The fourth-order valence-electron chi connectivity index (χ4n) is 3.90. The summed E-state index contributed by atoms with van der Waals surface area (Å²) in [6.45, 7) is 2.71. The van der Waals surface area contributed by atoms with Crippen molar-refractivity contribution in [1.29, 1.82) is 0 Å². The van der Waals surface area contributed by atoms with Crippen molar-refractivity contribution in [1.82, 2.24) is 9.88 Å². The molecule has 0 unspecified atom stereocenters. The molecule has 1 aliphatic heterocycles. The number of carbonyl (C=O) groups is 1. The Morgan fingerprint density at radius 1 is 1.12 bits per heavy atom. The van der Waals surface area contributed by atoms with Crippen molar-refractivity contribution in [2.24, 2.45) is 0 Å². The zero-order valence-corrected chi connectivity index (χ0v) is 13.5. The first-order valence-electron chi connectivity index (χ1n) is 8.37. The van der Waals surface area contributed by atoms with Crippen molar-refractivity contribution < 1.29 is 9.90 Å². The molecule has 24 heavy (non-hydrogen) atoms. The number of fused-ring (bicyclic) bond motifs is 2. The van der Waals surface area contributed by atoms with E-state index in [1.165, 1.54) is 17.2 Å². The molecule has 4 heteroatoms. The zero-order chi connectivity index (χ0) is 16.6. The van der Waals surface area contributed by atoms with Crippen LogP contribution in [0.5, 0.6) is 0 Å². The largest absolute Gasteiger partial charge is 0.477 e. The normalized spacial score (nSPS) is 18.7. The molecule has 4 nitrogen and oxygen atoms in total. The van der Waals surface area contributed by atoms with Crippen molar-refractivity contribution >= 4 is 12.0 Å². The summed E-state index contributed by atoms with van der Waals surface area (Å²) < 4.78 is 0. The van der Waals surface area contributed by atoms with E-state index in [4.69, 9.17) is 5.11 Å². The number of hydrogen-bond acceptors (Lipinski definition) is 3. The van der Waals surface area contributed by atoms with E-state index in [1.54, 1.807) is 6.07 Å². The summed E-state index contributed by atoms with van der Waals surface area (Å²) in [5, 5.41) is 9.06. The van der Waals surface area contributed by atoms with Gasteiger partial charge in [0.15, 0.2) is 0 Å². The Labute approximate surface area is 141 Å². The van der Waals surface area contributed by atoms with Gasteiger partial charge in [-0.25, -0.2) is 9.78 Å². The molecular weight excluding hydrogens is 300 g/mol.